The van der Waals surface area contributed by atoms with Crippen molar-refractivity contribution in [1.82, 2.24) is 14.8 Å². The average molecular weight is 455 g/mol. The van der Waals surface area contributed by atoms with Gasteiger partial charge in [-0.2, -0.15) is 18.3 Å². The van der Waals surface area contributed by atoms with Crippen LogP contribution in [0.1, 0.15) is 36.8 Å². The number of hydrogen-bond acceptors (Lipinski definition) is 4. The first-order valence-electron chi connectivity index (χ1n) is 10.8. The number of anilines is 2. The summed E-state index contributed by atoms with van der Waals surface area (Å²) in [5.41, 5.74) is 3.00. The molecule has 172 valence electrons. The zero-order valence-electron chi connectivity index (χ0n) is 17.9. The van der Waals surface area contributed by atoms with Crippen LogP contribution in [0.3, 0.4) is 0 Å². The van der Waals surface area contributed by atoms with E-state index in [1.165, 1.54) is 18.5 Å². The molecule has 0 unspecified atom stereocenters. The van der Waals surface area contributed by atoms with E-state index in [1.54, 1.807) is 11.0 Å². The van der Waals surface area contributed by atoms with Crippen molar-refractivity contribution in [2.75, 3.05) is 17.2 Å². The van der Waals surface area contributed by atoms with Crippen LogP contribution in [-0.4, -0.2) is 27.2 Å². The molecule has 1 aliphatic rings. The van der Waals surface area contributed by atoms with Gasteiger partial charge in [0.1, 0.15) is 12.7 Å². The maximum Gasteiger partial charge on any atom is 0.416 e. The van der Waals surface area contributed by atoms with E-state index in [2.05, 4.69) is 20.7 Å². The molecule has 4 rings (SSSR count). The van der Waals surface area contributed by atoms with E-state index in [0.29, 0.717) is 42.8 Å². The molecule has 1 amide bonds. The van der Waals surface area contributed by atoms with Crippen molar-refractivity contribution in [2.45, 2.75) is 38.4 Å². The van der Waals surface area contributed by atoms with Gasteiger partial charge < -0.3 is 10.6 Å². The number of amides is 1. The second-order valence-electron chi connectivity index (χ2n) is 7.86. The minimum absolute atomic E-state index is 0.212. The maximum absolute atomic E-state index is 13.0. The summed E-state index contributed by atoms with van der Waals surface area (Å²) in [5, 5.41) is 10.3. The van der Waals surface area contributed by atoms with Crippen molar-refractivity contribution in [3.8, 4) is 0 Å². The Morgan fingerprint density at radius 3 is 2.33 bits per heavy atom. The highest BCUT2D eigenvalue weighted by Gasteiger charge is 2.30. The summed E-state index contributed by atoms with van der Waals surface area (Å²) in [5.74, 6) is -0.212. The largest absolute Gasteiger partial charge is 0.416 e. The summed E-state index contributed by atoms with van der Waals surface area (Å²) in [6.45, 7) is 1.36. The molecule has 1 heterocycles. The third-order valence-electron chi connectivity index (χ3n) is 5.58. The Hall–Kier alpha value is -3.62. The van der Waals surface area contributed by atoms with Gasteiger partial charge in [-0.25, -0.2) is 4.98 Å². The number of allylic oxidation sites excluding steroid dienone is 1. The Morgan fingerprint density at radius 2 is 1.67 bits per heavy atom. The smallest absolute Gasteiger partial charge is 0.383 e. The van der Waals surface area contributed by atoms with Gasteiger partial charge in [-0.15, -0.1) is 0 Å². The quantitative estimate of drug-likeness (QED) is 0.502. The second-order valence-corrected chi connectivity index (χ2v) is 7.86. The summed E-state index contributed by atoms with van der Waals surface area (Å²) in [6.07, 6.45) is 1.81. The van der Waals surface area contributed by atoms with E-state index in [1.807, 2.05) is 24.3 Å². The van der Waals surface area contributed by atoms with Gasteiger partial charge >= 0.3 is 6.18 Å². The van der Waals surface area contributed by atoms with E-state index in [0.717, 1.165) is 36.2 Å². The normalized spacial score (nSPS) is 14.3. The molecule has 0 radical (unpaired) electrons. The van der Waals surface area contributed by atoms with Gasteiger partial charge in [0.25, 0.3) is 5.91 Å². The minimum Gasteiger partial charge on any atom is -0.383 e. The van der Waals surface area contributed by atoms with Gasteiger partial charge in [0, 0.05) is 23.5 Å². The molecule has 0 bridgehead atoms. The van der Waals surface area contributed by atoms with Gasteiger partial charge in [0.05, 0.1) is 12.1 Å². The predicted molar refractivity (Wildman–Crippen MR) is 120 cm³/mol. The second kappa shape index (κ2) is 9.89. The number of hydrogen-bond donors (Lipinski definition) is 2. The van der Waals surface area contributed by atoms with Crippen LogP contribution < -0.4 is 10.6 Å². The topological polar surface area (TPSA) is 71.8 Å². The molecule has 1 aromatic heterocycles. The fourth-order valence-corrected chi connectivity index (χ4v) is 3.88. The fourth-order valence-electron chi connectivity index (χ4n) is 3.88. The van der Waals surface area contributed by atoms with E-state index >= 15 is 0 Å². The molecule has 6 nitrogen and oxygen atoms in total. The van der Waals surface area contributed by atoms with Crippen LogP contribution in [0.25, 0.3) is 5.57 Å². The molecule has 9 heteroatoms. The number of halogens is 3. The molecule has 0 saturated carbocycles. The van der Waals surface area contributed by atoms with E-state index in [-0.39, 0.29) is 5.91 Å². The first kappa shape index (κ1) is 22.6. The standard InChI is InChI=1S/C24H24F3N5O/c25-24(26,27)18-7-5-17(6-8-18)21-3-1-2-4-22(21)23(33)31-20-11-9-19(10-12-20)29-13-14-32-16-28-15-30-32/h5-12,15-16,29H,1-4,13-14H2,(H,31,33). The van der Waals surface area contributed by atoms with Crippen molar-refractivity contribution in [3.05, 3.63) is 77.9 Å². The number of carbonyl (C=O) groups excluding carboxylic acids is 1. The van der Waals surface area contributed by atoms with Crippen molar-refractivity contribution in [2.24, 2.45) is 0 Å². The number of alkyl halides is 3. The summed E-state index contributed by atoms with van der Waals surface area (Å²) >= 11 is 0. The summed E-state index contributed by atoms with van der Waals surface area (Å²) < 4.78 is 40.4. The lowest BCUT2D eigenvalue weighted by Gasteiger charge is -2.21. The van der Waals surface area contributed by atoms with Gasteiger partial charge in [-0.3, -0.25) is 9.48 Å². The molecule has 2 aromatic carbocycles. The van der Waals surface area contributed by atoms with Gasteiger partial charge in [-0.05, 0) is 73.2 Å². The lowest BCUT2D eigenvalue weighted by Crippen LogP contribution is -2.18. The molecule has 0 aliphatic heterocycles. The van der Waals surface area contributed by atoms with Crippen molar-refractivity contribution in [3.63, 3.8) is 0 Å². The predicted octanol–water partition coefficient (Wildman–Crippen LogP) is 5.38. The Bertz CT molecular complexity index is 1100. The highest BCUT2D eigenvalue weighted by Crippen LogP contribution is 2.35. The SMILES string of the molecule is O=C(Nc1ccc(NCCn2cncn2)cc1)C1=C(c2ccc(C(F)(F)F)cc2)CCCC1. The zero-order valence-corrected chi connectivity index (χ0v) is 17.9. The van der Waals surface area contributed by atoms with Crippen LogP contribution in [0.2, 0.25) is 0 Å². The van der Waals surface area contributed by atoms with E-state index < -0.39 is 11.7 Å². The lowest BCUT2D eigenvalue weighted by molar-refractivity contribution is -0.137. The minimum atomic E-state index is -4.38. The first-order valence-corrected chi connectivity index (χ1v) is 10.8. The highest BCUT2D eigenvalue weighted by atomic mass is 19.4. The number of benzene rings is 2. The highest BCUT2D eigenvalue weighted by molar-refractivity contribution is 6.09. The molecule has 33 heavy (non-hydrogen) atoms. The van der Waals surface area contributed by atoms with Gasteiger partial charge in [0.15, 0.2) is 0 Å². The van der Waals surface area contributed by atoms with Crippen molar-refractivity contribution in [1.29, 1.82) is 0 Å². The third kappa shape index (κ3) is 5.79. The number of carbonyl (C=O) groups is 1. The van der Waals surface area contributed by atoms with Gasteiger partial charge in [-0.1, -0.05) is 12.1 Å². The number of nitrogens with one attached hydrogen (secondary N) is 2. The fraction of sp³-hybridized carbons (Fsp3) is 0.292. The monoisotopic (exact) mass is 455 g/mol. The molecule has 0 saturated heterocycles. The first-order chi connectivity index (χ1) is 15.9. The molecular weight excluding hydrogens is 431 g/mol. The van der Waals surface area contributed by atoms with E-state index in [9.17, 15) is 18.0 Å². The van der Waals surface area contributed by atoms with Crippen LogP contribution in [0.4, 0.5) is 24.5 Å². The Morgan fingerprint density at radius 1 is 0.970 bits per heavy atom. The summed E-state index contributed by atoms with van der Waals surface area (Å²) in [4.78, 5) is 16.9. The molecular formula is C24H24F3N5O. The van der Waals surface area contributed by atoms with Crippen molar-refractivity contribution < 1.29 is 18.0 Å². The molecule has 0 spiro atoms. The lowest BCUT2D eigenvalue weighted by atomic mass is 9.86. The average Bonchev–Trinajstić information content (AvgIpc) is 3.33. The summed E-state index contributed by atoms with van der Waals surface area (Å²) in [7, 11) is 0. The zero-order chi connectivity index (χ0) is 23.3. The van der Waals surface area contributed by atoms with Crippen LogP contribution in [-0.2, 0) is 17.5 Å². The Labute approximate surface area is 189 Å². The van der Waals surface area contributed by atoms with Crippen LogP contribution in [0.15, 0.2) is 66.8 Å². The van der Waals surface area contributed by atoms with Crippen LogP contribution in [0.5, 0.6) is 0 Å². The maximum atomic E-state index is 13.0. The number of rotatable bonds is 7. The van der Waals surface area contributed by atoms with Crippen LogP contribution >= 0.6 is 0 Å². The van der Waals surface area contributed by atoms with Crippen LogP contribution in [0, 0.1) is 0 Å². The molecule has 3 aromatic rings. The number of nitrogens with zero attached hydrogens (tertiary/aromatic N) is 3. The number of aromatic nitrogens is 3. The third-order valence-corrected chi connectivity index (χ3v) is 5.58. The Balaban J connectivity index is 1.42. The van der Waals surface area contributed by atoms with E-state index in [4.69, 9.17) is 0 Å². The van der Waals surface area contributed by atoms with Gasteiger partial charge in [0.2, 0.25) is 0 Å². The van der Waals surface area contributed by atoms with Crippen molar-refractivity contribution >= 4 is 22.9 Å². The molecule has 0 atom stereocenters. The summed E-state index contributed by atoms with van der Waals surface area (Å²) in [6, 6.07) is 12.4. The molecule has 2 N–H and O–H groups in total. The molecule has 0 fully saturated rings. The molecule has 1 aliphatic carbocycles. The Kier molecular flexibility index (Phi) is 6.76.